The summed E-state index contributed by atoms with van der Waals surface area (Å²) in [5.41, 5.74) is 0.368. The van der Waals surface area contributed by atoms with Gasteiger partial charge in [0.25, 0.3) is 0 Å². The zero-order chi connectivity index (χ0) is 10.3. The third-order valence-corrected chi connectivity index (χ3v) is 2.34. The van der Waals surface area contributed by atoms with Crippen LogP contribution in [-0.2, 0) is 9.59 Å². The number of carbonyl (C=O) groups excluding carboxylic acids is 1. The fraction of sp³-hybridized carbons (Fsp3) is 0.556. The summed E-state index contributed by atoms with van der Waals surface area (Å²) in [6.45, 7) is 3.10. The van der Waals surface area contributed by atoms with E-state index in [2.05, 4.69) is 0 Å². The lowest BCUT2D eigenvalue weighted by Crippen LogP contribution is -1.95. The van der Waals surface area contributed by atoms with Gasteiger partial charge in [-0.05, 0) is 19.8 Å². The zero-order valence-corrected chi connectivity index (χ0v) is 8.69. The van der Waals surface area contributed by atoms with Gasteiger partial charge in [0.15, 0.2) is 5.12 Å². The minimum atomic E-state index is -0.876. The smallest absolute Gasteiger partial charge is 0.330 e. The van der Waals surface area contributed by atoms with E-state index < -0.39 is 5.97 Å². The van der Waals surface area contributed by atoms with Crippen LogP contribution in [0.1, 0.15) is 26.7 Å². The Morgan fingerprint density at radius 3 is 2.46 bits per heavy atom. The second kappa shape index (κ2) is 6.71. The first-order valence-electron chi connectivity index (χ1n) is 4.07. The second-order valence-corrected chi connectivity index (χ2v) is 3.95. The number of thioether (sulfide) groups is 1. The Bertz CT molecular complexity index is 221. The van der Waals surface area contributed by atoms with Crippen LogP contribution in [0.2, 0.25) is 0 Å². The highest BCUT2D eigenvalue weighted by molar-refractivity contribution is 8.13. The molecule has 0 bridgehead atoms. The predicted octanol–water partition coefficient (Wildman–Crippen LogP) is 2.08. The van der Waals surface area contributed by atoms with Crippen LogP contribution < -0.4 is 0 Å². The van der Waals surface area contributed by atoms with Crippen LogP contribution in [0, 0.1) is 0 Å². The number of aliphatic carboxylic acids is 1. The fourth-order valence-corrected chi connectivity index (χ4v) is 1.30. The van der Waals surface area contributed by atoms with Crippen LogP contribution in [-0.4, -0.2) is 21.9 Å². The summed E-state index contributed by atoms with van der Waals surface area (Å²) in [6, 6.07) is 0. The molecule has 0 unspecified atom stereocenters. The Morgan fingerprint density at radius 1 is 1.38 bits per heavy atom. The Hall–Kier alpha value is -0.770. The van der Waals surface area contributed by atoms with Gasteiger partial charge in [0.1, 0.15) is 0 Å². The Balaban J connectivity index is 3.50. The summed E-state index contributed by atoms with van der Waals surface area (Å²) in [6.07, 6.45) is 3.25. The summed E-state index contributed by atoms with van der Waals surface area (Å²) < 4.78 is 0. The number of carboxylic acid groups (broad SMARTS) is 1. The largest absolute Gasteiger partial charge is 0.478 e. The van der Waals surface area contributed by atoms with Gasteiger partial charge in [0, 0.05) is 18.2 Å². The lowest BCUT2D eigenvalue weighted by Gasteiger charge is -1.95. The van der Waals surface area contributed by atoms with Gasteiger partial charge < -0.3 is 5.11 Å². The standard InChI is InChI=1S/C9H14O3S/c1-7(9(11)12)5-3-4-6-13-8(2)10/h5H,3-4,6H2,1-2H3,(H,11,12). The molecule has 0 aliphatic rings. The van der Waals surface area contributed by atoms with E-state index in [4.69, 9.17) is 5.11 Å². The van der Waals surface area contributed by atoms with E-state index in [1.807, 2.05) is 0 Å². The third kappa shape index (κ3) is 7.59. The number of allylic oxidation sites excluding steroid dienone is 1. The highest BCUT2D eigenvalue weighted by atomic mass is 32.2. The monoisotopic (exact) mass is 202 g/mol. The molecule has 0 aliphatic carbocycles. The molecule has 0 aromatic rings. The summed E-state index contributed by atoms with van der Waals surface area (Å²) in [5, 5.41) is 8.61. The van der Waals surface area contributed by atoms with Crippen molar-refractivity contribution in [3.63, 3.8) is 0 Å². The molecule has 13 heavy (non-hydrogen) atoms. The molecule has 0 radical (unpaired) electrons. The average molecular weight is 202 g/mol. The number of hydrogen-bond donors (Lipinski definition) is 1. The van der Waals surface area contributed by atoms with Crippen molar-refractivity contribution >= 4 is 22.8 Å². The second-order valence-electron chi connectivity index (χ2n) is 2.67. The molecule has 3 nitrogen and oxygen atoms in total. The van der Waals surface area contributed by atoms with Crippen LogP contribution in [0.5, 0.6) is 0 Å². The molecule has 0 saturated heterocycles. The molecule has 0 heterocycles. The van der Waals surface area contributed by atoms with Crippen LogP contribution in [0.15, 0.2) is 11.6 Å². The quantitative estimate of drug-likeness (QED) is 0.547. The minimum absolute atomic E-state index is 0.110. The first kappa shape index (κ1) is 12.2. The van der Waals surface area contributed by atoms with Gasteiger partial charge in [-0.2, -0.15) is 0 Å². The van der Waals surface area contributed by atoms with Gasteiger partial charge in [-0.25, -0.2) is 4.79 Å². The van der Waals surface area contributed by atoms with E-state index in [1.165, 1.54) is 18.7 Å². The van der Waals surface area contributed by atoms with Crippen molar-refractivity contribution in [2.75, 3.05) is 5.75 Å². The van der Waals surface area contributed by atoms with Gasteiger partial charge in [0.2, 0.25) is 0 Å². The van der Waals surface area contributed by atoms with E-state index in [9.17, 15) is 9.59 Å². The summed E-state index contributed by atoms with van der Waals surface area (Å²) in [7, 11) is 0. The Kier molecular flexibility index (Phi) is 6.32. The maximum absolute atomic E-state index is 10.5. The SMILES string of the molecule is CC(=O)SCCCC=C(C)C(=O)O. The highest BCUT2D eigenvalue weighted by Crippen LogP contribution is 2.06. The van der Waals surface area contributed by atoms with Crippen molar-refractivity contribution in [3.8, 4) is 0 Å². The number of rotatable bonds is 5. The normalized spacial score (nSPS) is 11.4. The van der Waals surface area contributed by atoms with Crippen molar-refractivity contribution in [3.05, 3.63) is 11.6 Å². The fourth-order valence-electron chi connectivity index (χ4n) is 0.705. The van der Waals surface area contributed by atoms with Crippen molar-refractivity contribution in [1.82, 2.24) is 0 Å². The van der Waals surface area contributed by atoms with E-state index >= 15 is 0 Å². The van der Waals surface area contributed by atoms with E-state index in [1.54, 1.807) is 13.0 Å². The maximum Gasteiger partial charge on any atom is 0.330 e. The topological polar surface area (TPSA) is 54.4 Å². The molecule has 0 spiro atoms. The number of carbonyl (C=O) groups is 2. The van der Waals surface area contributed by atoms with Gasteiger partial charge in [0.05, 0.1) is 0 Å². The number of unbranched alkanes of at least 4 members (excludes halogenated alkanes) is 1. The maximum atomic E-state index is 10.5. The minimum Gasteiger partial charge on any atom is -0.478 e. The van der Waals surface area contributed by atoms with Crippen molar-refractivity contribution < 1.29 is 14.7 Å². The highest BCUT2D eigenvalue weighted by Gasteiger charge is 1.98. The molecule has 0 rings (SSSR count). The average Bonchev–Trinajstić information content (AvgIpc) is 2.02. The molecular formula is C9H14O3S. The van der Waals surface area contributed by atoms with Gasteiger partial charge in [-0.3, -0.25) is 4.79 Å². The first-order valence-corrected chi connectivity index (χ1v) is 5.06. The van der Waals surface area contributed by atoms with E-state index in [0.717, 1.165) is 18.6 Å². The van der Waals surface area contributed by atoms with Gasteiger partial charge in [-0.1, -0.05) is 17.8 Å². The molecule has 0 fully saturated rings. The van der Waals surface area contributed by atoms with Crippen molar-refractivity contribution in [2.45, 2.75) is 26.7 Å². The lowest BCUT2D eigenvalue weighted by molar-refractivity contribution is -0.132. The van der Waals surface area contributed by atoms with Crippen molar-refractivity contribution in [1.29, 1.82) is 0 Å². The molecule has 0 aromatic heterocycles. The molecule has 0 saturated carbocycles. The van der Waals surface area contributed by atoms with E-state index in [0.29, 0.717) is 5.57 Å². The summed E-state index contributed by atoms with van der Waals surface area (Å²) in [4.78, 5) is 20.8. The van der Waals surface area contributed by atoms with Gasteiger partial charge in [-0.15, -0.1) is 0 Å². The Morgan fingerprint density at radius 2 is 2.00 bits per heavy atom. The van der Waals surface area contributed by atoms with Crippen LogP contribution in [0.3, 0.4) is 0 Å². The number of carboxylic acids is 1. The molecule has 74 valence electrons. The first-order chi connectivity index (χ1) is 6.04. The van der Waals surface area contributed by atoms with Crippen LogP contribution in [0.25, 0.3) is 0 Å². The molecule has 0 aromatic carbocycles. The van der Waals surface area contributed by atoms with Crippen LogP contribution in [0.4, 0.5) is 0 Å². The molecule has 4 heteroatoms. The number of hydrogen-bond acceptors (Lipinski definition) is 3. The summed E-state index contributed by atoms with van der Waals surface area (Å²) >= 11 is 1.28. The zero-order valence-electron chi connectivity index (χ0n) is 7.87. The third-order valence-electron chi connectivity index (χ3n) is 1.44. The molecule has 0 amide bonds. The molecule has 1 N–H and O–H groups in total. The molecule has 0 atom stereocenters. The van der Waals surface area contributed by atoms with Gasteiger partial charge >= 0.3 is 5.97 Å². The van der Waals surface area contributed by atoms with Crippen molar-refractivity contribution in [2.24, 2.45) is 0 Å². The van der Waals surface area contributed by atoms with E-state index in [-0.39, 0.29) is 5.12 Å². The lowest BCUT2D eigenvalue weighted by atomic mass is 10.2. The van der Waals surface area contributed by atoms with Crippen LogP contribution >= 0.6 is 11.8 Å². The predicted molar refractivity (Wildman–Crippen MR) is 53.8 cm³/mol. The molecular weight excluding hydrogens is 188 g/mol. The Labute approximate surface area is 82.2 Å². The summed E-state index contributed by atoms with van der Waals surface area (Å²) in [5.74, 6) is -0.113. The molecule has 0 aliphatic heterocycles.